The van der Waals surface area contributed by atoms with Gasteiger partial charge in [0.25, 0.3) is 0 Å². The highest BCUT2D eigenvalue weighted by atomic mass is 16.5. The maximum atomic E-state index is 11.3. The SMILES string of the molecule is CC(=O)c1ccc(C#N)c(OCc2cccnc2)c1. The molecule has 0 aliphatic rings. The number of nitriles is 1. The van der Waals surface area contributed by atoms with E-state index in [-0.39, 0.29) is 5.78 Å². The van der Waals surface area contributed by atoms with Gasteiger partial charge in [0.15, 0.2) is 5.78 Å². The molecule has 19 heavy (non-hydrogen) atoms. The van der Waals surface area contributed by atoms with E-state index < -0.39 is 0 Å². The summed E-state index contributed by atoms with van der Waals surface area (Å²) in [6, 6.07) is 10.6. The smallest absolute Gasteiger partial charge is 0.159 e. The molecule has 0 amide bonds. The lowest BCUT2D eigenvalue weighted by atomic mass is 10.1. The molecule has 2 rings (SSSR count). The van der Waals surface area contributed by atoms with E-state index in [1.54, 1.807) is 30.6 Å². The van der Waals surface area contributed by atoms with Gasteiger partial charge in [-0.2, -0.15) is 5.26 Å². The summed E-state index contributed by atoms with van der Waals surface area (Å²) in [6.45, 7) is 1.79. The Kier molecular flexibility index (Phi) is 3.89. The van der Waals surface area contributed by atoms with Gasteiger partial charge in [-0.1, -0.05) is 6.07 Å². The minimum absolute atomic E-state index is 0.0595. The third-order valence-corrected chi connectivity index (χ3v) is 2.63. The highest BCUT2D eigenvalue weighted by Gasteiger charge is 2.08. The van der Waals surface area contributed by atoms with Gasteiger partial charge in [-0.25, -0.2) is 0 Å². The molecule has 1 aromatic heterocycles. The standard InChI is InChI=1S/C15H12N2O2/c1-11(18)13-4-5-14(8-16)15(7-13)19-10-12-3-2-6-17-9-12/h2-7,9H,10H2,1H3. The molecule has 0 aliphatic carbocycles. The number of carbonyl (C=O) groups excluding carboxylic acids is 1. The first-order valence-corrected chi connectivity index (χ1v) is 5.77. The van der Waals surface area contributed by atoms with E-state index >= 15 is 0 Å². The molecule has 0 saturated carbocycles. The lowest BCUT2D eigenvalue weighted by Crippen LogP contribution is -2.00. The maximum absolute atomic E-state index is 11.3. The summed E-state index contributed by atoms with van der Waals surface area (Å²) in [6.07, 6.45) is 3.38. The van der Waals surface area contributed by atoms with Crippen LogP contribution in [0.15, 0.2) is 42.7 Å². The number of aromatic nitrogens is 1. The minimum Gasteiger partial charge on any atom is -0.487 e. The molecular weight excluding hydrogens is 240 g/mol. The van der Waals surface area contributed by atoms with Crippen LogP contribution in [-0.4, -0.2) is 10.8 Å². The Labute approximate surface area is 111 Å². The van der Waals surface area contributed by atoms with Gasteiger partial charge in [0, 0.05) is 23.5 Å². The van der Waals surface area contributed by atoms with Crippen molar-refractivity contribution in [1.82, 2.24) is 4.98 Å². The highest BCUT2D eigenvalue weighted by molar-refractivity contribution is 5.94. The van der Waals surface area contributed by atoms with Gasteiger partial charge in [-0.3, -0.25) is 9.78 Å². The molecule has 4 heteroatoms. The van der Waals surface area contributed by atoms with Crippen molar-refractivity contribution >= 4 is 5.78 Å². The molecule has 0 spiro atoms. The minimum atomic E-state index is -0.0595. The van der Waals surface area contributed by atoms with Crippen molar-refractivity contribution in [3.05, 3.63) is 59.4 Å². The van der Waals surface area contributed by atoms with E-state index in [0.717, 1.165) is 5.56 Å². The van der Waals surface area contributed by atoms with Crippen molar-refractivity contribution in [2.45, 2.75) is 13.5 Å². The summed E-state index contributed by atoms with van der Waals surface area (Å²) < 4.78 is 5.59. The van der Waals surface area contributed by atoms with Gasteiger partial charge < -0.3 is 4.74 Å². The van der Waals surface area contributed by atoms with E-state index in [0.29, 0.717) is 23.5 Å². The normalized spacial score (nSPS) is 9.68. The number of carbonyl (C=O) groups is 1. The molecular formula is C15H12N2O2. The zero-order valence-corrected chi connectivity index (χ0v) is 10.5. The Morgan fingerprint density at radius 2 is 2.26 bits per heavy atom. The van der Waals surface area contributed by atoms with Crippen LogP contribution in [0.2, 0.25) is 0 Å². The predicted octanol–water partition coefficient (Wildman–Crippen LogP) is 2.73. The van der Waals surface area contributed by atoms with Gasteiger partial charge in [-0.15, -0.1) is 0 Å². The van der Waals surface area contributed by atoms with Crippen LogP contribution in [0.5, 0.6) is 5.75 Å². The van der Waals surface area contributed by atoms with Gasteiger partial charge in [-0.05, 0) is 31.2 Å². The number of nitrogens with zero attached hydrogens (tertiary/aromatic N) is 2. The first kappa shape index (κ1) is 12.8. The summed E-state index contributed by atoms with van der Waals surface area (Å²) in [5, 5.41) is 9.02. The van der Waals surface area contributed by atoms with Crippen LogP contribution in [0.25, 0.3) is 0 Å². The molecule has 0 atom stereocenters. The van der Waals surface area contributed by atoms with Crippen LogP contribution in [0, 0.1) is 11.3 Å². The number of rotatable bonds is 4. The predicted molar refractivity (Wildman–Crippen MR) is 69.7 cm³/mol. The van der Waals surface area contributed by atoms with Crippen molar-refractivity contribution in [3.63, 3.8) is 0 Å². The van der Waals surface area contributed by atoms with Crippen molar-refractivity contribution in [2.24, 2.45) is 0 Å². The Morgan fingerprint density at radius 3 is 2.89 bits per heavy atom. The fraction of sp³-hybridized carbons (Fsp3) is 0.133. The maximum Gasteiger partial charge on any atom is 0.159 e. The largest absolute Gasteiger partial charge is 0.487 e. The summed E-state index contributed by atoms with van der Waals surface area (Å²) >= 11 is 0. The molecule has 0 radical (unpaired) electrons. The van der Waals surface area contributed by atoms with E-state index in [2.05, 4.69) is 4.98 Å². The van der Waals surface area contributed by atoms with Crippen LogP contribution in [-0.2, 0) is 6.61 Å². The Balaban J connectivity index is 2.21. The summed E-state index contributed by atoms with van der Waals surface area (Å²) in [5.74, 6) is 0.356. The Morgan fingerprint density at radius 1 is 1.42 bits per heavy atom. The molecule has 94 valence electrons. The summed E-state index contributed by atoms with van der Waals surface area (Å²) in [7, 11) is 0. The quantitative estimate of drug-likeness (QED) is 0.785. The number of ketones is 1. The van der Waals surface area contributed by atoms with Crippen molar-refractivity contribution in [2.75, 3.05) is 0 Å². The number of Topliss-reactive ketones (excluding diaryl/α,β-unsaturated/α-hetero) is 1. The number of pyridine rings is 1. The molecule has 4 nitrogen and oxygen atoms in total. The molecule has 2 aromatic rings. The average molecular weight is 252 g/mol. The zero-order valence-electron chi connectivity index (χ0n) is 10.5. The van der Waals surface area contributed by atoms with Crippen molar-refractivity contribution < 1.29 is 9.53 Å². The summed E-state index contributed by atoms with van der Waals surface area (Å²) in [5.41, 5.74) is 1.84. The molecule has 0 saturated heterocycles. The molecule has 1 heterocycles. The Hall–Kier alpha value is -2.67. The number of benzene rings is 1. The lowest BCUT2D eigenvalue weighted by molar-refractivity contribution is 0.101. The Bertz CT molecular complexity index is 630. The zero-order chi connectivity index (χ0) is 13.7. The molecule has 1 aromatic carbocycles. The molecule has 0 aliphatic heterocycles. The van der Waals surface area contributed by atoms with Crippen LogP contribution in [0.3, 0.4) is 0 Å². The van der Waals surface area contributed by atoms with Gasteiger partial charge in [0.2, 0.25) is 0 Å². The van der Waals surface area contributed by atoms with Crippen molar-refractivity contribution in [3.8, 4) is 11.8 Å². The summed E-state index contributed by atoms with van der Waals surface area (Å²) in [4.78, 5) is 15.3. The molecule has 0 bridgehead atoms. The second kappa shape index (κ2) is 5.78. The number of hydrogen-bond acceptors (Lipinski definition) is 4. The average Bonchev–Trinajstić information content (AvgIpc) is 2.45. The van der Waals surface area contributed by atoms with Crippen LogP contribution in [0.1, 0.15) is 28.4 Å². The van der Waals surface area contributed by atoms with Crippen LogP contribution >= 0.6 is 0 Å². The van der Waals surface area contributed by atoms with Gasteiger partial charge >= 0.3 is 0 Å². The second-order valence-corrected chi connectivity index (χ2v) is 4.03. The van der Waals surface area contributed by atoms with Crippen LogP contribution in [0.4, 0.5) is 0 Å². The van der Waals surface area contributed by atoms with Crippen molar-refractivity contribution in [1.29, 1.82) is 5.26 Å². The molecule has 0 unspecified atom stereocenters. The van der Waals surface area contributed by atoms with Gasteiger partial charge in [0.05, 0.1) is 5.56 Å². The highest BCUT2D eigenvalue weighted by Crippen LogP contribution is 2.21. The first-order valence-electron chi connectivity index (χ1n) is 5.77. The third-order valence-electron chi connectivity index (χ3n) is 2.63. The third kappa shape index (κ3) is 3.17. The fourth-order valence-electron chi connectivity index (χ4n) is 1.60. The molecule has 0 fully saturated rings. The van der Waals surface area contributed by atoms with E-state index in [1.807, 2.05) is 18.2 Å². The van der Waals surface area contributed by atoms with E-state index in [9.17, 15) is 4.79 Å². The van der Waals surface area contributed by atoms with Crippen LogP contribution < -0.4 is 4.74 Å². The first-order chi connectivity index (χ1) is 9.20. The number of ether oxygens (including phenoxy) is 1. The topological polar surface area (TPSA) is 63.0 Å². The van der Waals surface area contributed by atoms with E-state index in [4.69, 9.17) is 10.00 Å². The van der Waals surface area contributed by atoms with E-state index in [1.165, 1.54) is 6.92 Å². The van der Waals surface area contributed by atoms with Gasteiger partial charge in [0.1, 0.15) is 18.4 Å². The number of hydrogen-bond donors (Lipinski definition) is 0. The molecule has 0 N–H and O–H groups in total. The fourth-order valence-corrected chi connectivity index (χ4v) is 1.60. The monoisotopic (exact) mass is 252 g/mol. The second-order valence-electron chi connectivity index (χ2n) is 4.03. The lowest BCUT2D eigenvalue weighted by Gasteiger charge is -2.08.